The first kappa shape index (κ1) is 23.0. The molecule has 0 spiro atoms. The molecule has 0 bridgehead atoms. The van der Waals surface area contributed by atoms with Crippen LogP contribution in [0.15, 0.2) is 45.9 Å². The first-order valence-electron chi connectivity index (χ1n) is 10.00. The first-order valence-corrected chi connectivity index (χ1v) is 11.9. The molecular formula is C21H21ClN4O6S. The van der Waals surface area contributed by atoms with Gasteiger partial charge in [-0.15, -0.1) is 0 Å². The molecular weight excluding hydrogens is 472 g/mol. The predicted molar refractivity (Wildman–Crippen MR) is 120 cm³/mol. The summed E-state index contributed by atoms with van der Waals surface area (Å²) >= 11 is 6.21. The number of carbonyl (C=O) groups excluding carboxylic acids is 1. The number of nitrogens with one attached hydrogen (secondary N) is 2. The van der Waals surface area contributed by atoms with Crippen LogP contribution in [0.25, 0.3) is 0 Å². The Bertz CT molecular complexity index is 1270. The third-order valence-electron chi connectivity index (χ3n) is 5.04. The van der Waals surface area contributed by atoms with Crippen LogP contribution in [0, 0.1) is 13.8 Å². The second-order valence-corrected chi connectivity index (χ2v) is 9.51. The maximum Gasteiger partial charge on any atom is 0.264 e. The van der Waals surface area contributed by atoms with Gasteiger partial charge in [0.05, 0.1) is 29.4 Å². The van der Waals surface area contributed by atoms with Gasteiger partial charge in [-0.2, -0.15) is 0 Å². The number of rotatable bonds is 7. The molecule has 2 N–H and O–H groups in total. The summed E-state index contributed by atoms with van der Waals surface area (Å²) in [5, 5.41) is 6.61. The van der Waals surface area contributed by atoms with Gasteiger partial charge >= 0.3 is 0 Å². The molecule has 12 heteroatoms. The van der Waals surface area contributed by atoms with E-state index in [-0.39, 0.29) is 33.3 Å². The van der Waals surface area contributed by atoms with Crippen molar-refractivity contribution in [2.45, 2.75) is 31.3 Å². The number of nitrogens with zero attached hydrogens (tertiary/aromatic N) is 2. The standard InChI is InChI=1S/C21H21ClN4O6S/c1-12-13(2)25-32-20(12)26-33(28,29)17-5-3-15(4-6-17)24-19(27)14-9-18(22)21(23-10-14)31-16-7-8-30-11-16/h3-6,9-10,16,26H,7-8,11H2,1-2H3,(H,24,27). The topological polar surface area (TPSA) is 133 Å². The molecule has 4 rings (SSSR count). The van der Waals surface area contributed by atoms with Crippen molar-refractivity contribution in [3.63, 3.8) is 0 Å². The molecule has 1 atom stereocenters. The molecule has 1 aromatic carbocycles. The number of carbonyl (C=O) groups is 1. The van der Waals surface area contributed by atoms with Crippen molar-refractivity contribution >= 4 is 39.1 Å². The second kappa shape index (κ2) is 9.38. The van der Waals surface area contributed by atoms with Crippen molar-refractivity contribution in [1.82, 2.24) is 10.1 Å². The number of hydrogen-bond donors (Lipinski definition) is 2. The number of amides is 1. The lowest BCUT2D eigenvalue weighted by Gasteiger charge is -2.13. The molecule has 1 saturated heterocycles. The van der Waals surface area contributed by atoms with Gasteiger partial charge in [-0.05, 0) is 44.2 Å². The molecule has 1 unspecified atom stereocenters. The lowest BCUT2D eigenvalue weighted by atomic mass is 10.2. The van der Waals surface area contributed by atoms with Crippen molar-refractivity contribution < 1.29 is 27.2 Å². The van der Waals surface area contributed by atoms with Gasteiger partial charge in [-0.3, -0.25) is 4.79 Å². The van der Waals surface area contributed by atoms with E-state index in [1.165, 1.54) is 36.5 Å². The second-order valence-electron chi connectivity index (χ2n) is 7.42. The average molecular weight is 493 g/mol. The summed E-state index contributed by atoms with van der Waals surface area (Å²) in [6.07, 6.45) is 1.99. The molecule has 33 heavy (non-hydrogen) atoms. The molecule has 2 aromatic heterocycles. The largest absolute Gasteiger partial charge is 0.471 e. The number of pyridine rings is 1. The number of halogens is 1. The number of anilines is 2. The lowest BCUT2D eigenvalue weighted by Crippen LogP contribution is -2.17. The van der Waals surface area contributed by atoms with Crippen LogP contribution in [-0.4, -0.2) is 43.8 Å². The Morgan fingerprint density at radius 1 is 1.24 bits per heavy atom. The molecule has 1 aliphatic heterocycles. The Morgan fingerprint density at radius 2 is 2.00 bits per heavy atom. The van der Waals surface area contributed by atoms with Gasteiger partial charge in [-0.25, -0.2) is 18.1 Å². The fourth-order valence-corrected chi connectivity index (χ4v) is 4.27. The minimum atomic E-state index is -3.89. The fraction of sp³-hybridized carbons (Fsp3) is 0.286. The van der Waals surface area contributed by atoms with Crippen LogP contribution in [0.5, 0.6) is 5.88 Å². The third-order valence-corrected chi connectivity index (χ3v) is 6.66. The van der Waals surface area contributed by atoms with Crippen LogP contribution in [0.1, 0.15) is 28.0 Å². The van der Waals surface area contributed by atoms with Crippen LogP contribution in [0.4, 0.5) is 11.6 Å². The Labute approximate surface area is 195 Å². The summed E-state index contributed by atoms with van der Waals surface area (Å²) in [5.41, 5.74) is 1.81. The number of benzene rings is 1. The van der Waals surface area contributed by atoms with E-state index in [9.17, 15) is 13.2 Å². The Balaban J connectivity index is 1.41. The molecule has 1 fully saturated rings. The number of ether oxygens (including phenoxy) is 2. The minimum Gasteiger partial charge on any atom is -0.471 e. The van der Waals surface area contributed by atoms with Crippen molar-refractivity contribution in [2.24, 2.45) is 0 Å². The van der Waals surface area contributed by atoms with Gasteiger partial charge in [0.1, 0.15) is 11.1 Å². The van der Waals surface area contributed by atoms with Gasteiger partial charge < -0.3 is 19.3 Å². The van der Waals surface area contributed by atoms with Gasteiger partial charge in [0.2, 0.25) is 11.8 Å². The highest BCUT2D eigenvalue weighted by molar-refractivity contribution is 7.92. The molecule has 0 saturated carbocycles. The summed E-state index contributed by atoms with van der Waals surface area (Å²) in [7, 11) is -3.89. The summed E-state index contributed by atoms with van der Waals surface area (Å²) < 4.78 is 43.5. The lowest BCUT2D eigenvalue weighted by molar-refractivity contribution is 0.102. The van der Waals surface area contributed by atoms with E-state index in [4.69, 9.17) is 25.6 Å². The van der Waals surface area contributed by atoms with Crippen molar-refractivity contribution in [3.05, 3.63) is 58.4 Å². The van der Waals surface area contributed by atoms with Crippen LogP contribution in [0.2, 0.25) is 5.02 Å². The zero-order valence-electron chi connectivity index (χ0n) is 17.8. The molecule has 0 aliphatic carbocycles. The smallest absolute Gasteiger partial charge is 0.264 e. The quantitative estimate of drug-likeness (QED) is 0.511. The van der Waals surface area contributed by atoms with E-state index in [0.29, 0.717) is 30.2 Å². The van der Waals surface area contributed by atoms with Crippen molar-refractivity contribution in [1.29, 1.82) is 0 Å². The molecule has 3 aromatic rings. The number of aryl methyl sites for hydroxylation is 1. The number of aromatic nitrogens is 2. The van der Waals surface area contributed by atoms with Gasteiger partial charge in [-0.1, -0.05) is 16.8 Å². The Hall–Kier alpha value is -3.15. The van der Waals surface area contributed by atoms with Gasteiger partial charge in [0.25, 0.3) is 15.9 Å². The van der Waals surface area contributed by atoms with E-state index >= 15 is 0 Å². The number of hydrogen-bond acceptors (Lipinski definition) is 8. The Morgan fingerprint density at radius 3 is 2.61 bits per heavy atom. The molecule has 1 aliphatic rings. The first-order chi connectivity index (χ1) is 15.7. The molecule has 0 radical (unpaired) electrons. The predicted octanol–water partition coefficient (Wildman–Crippen LogP) is 3.56. The molecule has 3 heterocycles. The van der Waals surface area contributed by atoms with E-state index in [1.54, 1.807) is 13.8 Å². The summed E-state index contributed by atoms with van der Waals surface area (Å²) in [4.78, 5) is 16.7. The monoisotopic (exact) mass is 492 g/mol. The SMILES string of the molecule is Cc1noc(NS(=O)(=O)c2ccc(NC(=O)c3cnc(OC4CCOC4)c(Cl)c3)cc2)c1C. The highest BCUT2D eigenvalue weighted by Crippen LogP contribution is 2.26. The van der Waals surface area contributed by atoms with Crippen LogP contribution in [-0.2, 0) is 14.8 Å². The zero-order valence-corrected chi connectivity index (χ0v) is 19.4. The average Bonchev–Trinajstić information content (AvgIpc) is 3.41. The highest BCUT2D eigenvalue weighted by Gasteiger charge is 2.21. The van der Waals surface area contributed by atoms with Gasteiger partial charge in [0.15, 0.2) is 0 Å². The maximum absolute atomic E-state index is 12.6. The van der Waals surface area contributed by atoms with Crippen LogP contribution >= 0.6 is 11.6 Å². The third kappa shape index (κ3) is 5.27. The maximum atomic E-state index is 12.6. The van der Waals surface area contributed by atoms with Crippen LogP contribution < -0.4 is 14.8 Å². The summed E-state index contributed by atoms with van der Waals surface area (Å²) in [6, 6.07) is 7.12. The van der Waals surface area contributed by atoms with E-state index in [2.05, 4.69) is 20.2 Å². The van der Waals surface area contributed by atoms with E-state index < -0.39 is 15.9 Å². The highest BCUT2D eigenvalue weighted by atomic mass is 35.5. The Kier molecular flexibility index (Phi) is 6.54. The summed E-state index contributed by atoms with van der Waals surface area (Å²) in [6.45, 7) is 4.50. The van der Waals surface area contributed by atoms with Crippen molar-refractivity contribution in [2.75, 3.05) is 23.3 Å². The minimum absolute atomic E-state index is 0.00365. The zero-order chi connectivity index (χ0) is 23.6. The number of sulfonamides is 1. The van der Waals surface area contributed by atoms with E-state index in [0.717, 1.165) is 6.42 Å². The normalized spacial score (nSPS) is 15.9. The van der Waals surface area contributed by atoms with E-state index in [1.807, 2.05) is 0 Å². The fourth-order valence-electron chi connectivity index (χ4n) is 3.01. The molecule has 10 nitrogen and oxygen atoms in total. The molecule has 174 valence electrons. The van der Waals surface area contributed by atoms with Crippen molar-refractivity contribution in [3.8, 4) is 5.88 Å². The molecule has 1 amide bonds. The van der Waals surface area contributed by atoms with Crippen LogP contribution in [0.3, 0.4) is 0 Å². The van der Waals surface area contributed by atoms with Gasteiger partial charge in [0, 0.05) is 23.9 Å². The summed E-state index contributed by atoms with van der Waals surface area (Å²) in [5.74, 6) is -0.160.